The van der Waals surface area contributed by atoms with Crippen molar-refractivity contribution >= 4 is 23.0 Å². The molecule has 1 heterocycles. The van der Waals surface area contributed by atoms with E-state index in [1.54, 1.807) is 0 Å². The number of rotatable bonds is 7. The van der Waals surface area contributed by atoms with Crippen molar-refractivity contribution < 1.29 is 14.1 Å². The van der Waals surface area contributed by atoms with E-state index in [0.29, 0.717) is 10.3 Å². The summed E-state index contributed by atoms with van der Waals surface area (Å²) in [5, 5.41) is 2.32. The molecule has 1 saturated heterocycles. The monoisotopic (exact) mass is 444 g/mol. The Morgan fingerprint density at radius 3 is 2.15 bits per heavy atom. The number of carbonyl (C=O) groups excluding carboxylic acids is 1. The van der Waals surface area contributed by atoms with Gasteiger partial charge in [0.25, 0.3) is 0 Å². The van der Waals surface area contributed by atoms with E-state index >= 15 is 0 Å². The van der Waals surface area contributed by atoms with E-state index in [1.165, 1.54) is 5.69 Å². The van der Waals surface area contributed by atoms with Crippen LogP contribution in [0.1, 0.15) is 20.3 Å². The summed E-state index contributed by atoms with van der Waals surface area (Å²) in [5.41, 5.74) is 3.26. The summed E-state index contributed by atoms with van der Waals surface area (Å²) < 4.78 is 6.63. The van der Waals surface area contributed by atoms with Crippen LogP contribution in [-0.2, 0) is 4.79 Å². The van der Waals surface area contributed by atoms with Crippen LogP contribution in [0.2, 0.25) is 0 Å². The van der Waals surface area contributed by atoms with Crippen LogP contribution in [0.25, 0.3) is 0 Å². The quantitative estimate of drug-likeness (QED) is 0.268. The molecule has 0 aliphatic carbocycles. The van der Waals surface area contributed by atoms with Gasteiger partial charge < -0.3 is 9.64 Å². The Bertz CT molecular complexity index is 1050. The van der Waals surface area contributed by atoms with Crippen molar-refractivity contribution in [1.29, 1.82) is 0 Å². The number of para-hydroxylation sites is 4. The number of carbonyl (C=O) groups is 1. The molecule has 0 bridgehead atoms. The Kier molecular flexibility index (Phi) is 6.99. The first-order valence-electron chi connectivity index (χ1n) is 11.8. The maximum atomic E-state index is 12.7. The van der Waals surface area contributed by atoms with Gasteiger partial charge in [0, 0.05) is 5.69 Å². The molecule has 0 amide bonds. The van der Waals surface area contributed by atoms with Gasteiger partial charge in [0.1, 0.15) is 18.8 Å². The zero-order valence-corrected chi connectivity index (χ0v) is 19.9. The maximum absolute atomic E-state index is 12.7. The molecule has 1 fully saturated rings. The minimum Gasteiger partial charge on any atom is -0.424 e. The fourth-order valence-corrected chi connectivity index (χ4v) is 4.33. The molecular formula is C28H34N3O2+. The SMILES string of the molecule is CCC(C)C(=O)Oc1ccccc1N(c1ccccc1)[N+]1(C)CCN(c2ccccc2)CC1. The Morgan fingerprint density at radius 1 is 0.939 bits per heavy atom. The van der Waals surface area contributed by atoms with Gasteiger partial charge in [-0.1, -0.05) is 62.4 Å². The highest BCUT2D eigenvalue weighted by Crippen LogP contribution is 2.39. The van der Waals surface area contributed by atoms with Crippen LogP contribution in [0.3, 0.4) is 0 Å². The Hall–Kier alpha value is -3.31. The van der Waals surface area contributed by atoms with Gasteiger partial charge >= 0.3 is 5.97 Å². The number of hydrogen-bond donors (Lipinski definition) is 0. The average molecular weight is 445 g/mol. The Morgan fingerprint density at radius 2 is 1.52 bits per heavy atom. The van der Waals surface area contributed by atoms with Crippen LogP contribution in [0.4, 0.5) is 17.1 Å². The van der Waals surface area contributed by atoms with Gasteiger partial charge in [-0.25, -0.2) is 4.59 Å². The highest BCUT2D eigenvalue weighted by atomic mass is 16.5. The number of ether oxygens (including phenoxy) is 1. The molecule has 1 aliphatic heterocycles. The Balaban J connectivity index is 1.67. The lowest BCUT2D eigenvalue weighted by atomic mass is 10.1. The van der Waals surface area contributed by atoms with Gasteiger partial charge in [0.05, 0.1) is 31.7 Å². The molecule has 3 aromatic carbocycles. The fourth-order valence-electron chi connectivity index (χ4n) is 4.33. The topological polar surface area (TPSA) is 32.8 Å². The second-order valence-electron chi connectivity index (χ2n) is 8.95. The van der Waals surface area contributed by atoms with Gasteiger partial charge in [-0.2, -0.15) is 5.01 Å². The van der Waals surface area contributed by atoms with Crippen molar-refractivity contribution in [2.45, 2.75) is 20.3 Å². The van der Waals surface area contributed by atoms with E-state index in [9.17, 15) is 4.79 Å². The molecule has 172 valence electrons. The summed E-state index contributed by atoms with van der Waals surface area (Å²) in [5.74, 6) is 0.286. The van der Waals surface area contributed by atoms with Crippen molar-refractivity contribution in [3.05, 3.63) is 84.9 Å². The summed E-state index contributed by atoms with van der Waals surface area (Å²) in [6.45, 7) is 7.66. The third-order valence-corrected chi connectivity index (χ3v) is 6.63. The van der Waals surface area contributed by atoms with E-state index in [4.69, 9.17) is 4.74 Å². The number of esters is 1. The first-order chi connectivity index (χ1) is 16.0. The fraction of sp³-hybridized carbons (Fsp3) is 0.321. The third kappa shape index (κ3) is 5.04. The van der Waals surface area contributed by atoms with Crippen LogP contribution >= 0.6 is 0 Å². The molecule has 0 radical (unpaired) electrons. The molecule has 0 aromatic heterocycles. The van der Waals surface area contributed by atoms with Crippen molar-refractivity contribution in [3.63, 3.8) is 0 Å². The molecule has 5 heteroatoms. The molecule has 1 unspecified atom stereocenters. The average Bonchev–Trinajstić information content (AvgIpc) is 2.86. The maximum Gasteiger partial charge on any atom is 0.314 e. The van der Waals surface area contributed by atoms with E-state index in [0.717, 1.165) is 44.0 Å². The zero-order valence-electron chi connectivity index (χ0n) is 19.9. The number of piperazine rings is 1. The minimum absolute atomic E-state index is 0.137. The molecule has 33 heavy (non-hydrogen) atoms. The smallest absolute Gasteiger partial charge is 0.314 e. The van der Waals surface area contributed by atoms with Gasteiger partial charge in [-0.05, 0) is 42.8 Å². The summed E-state index contributed by atoms with van der Waals surface area (Å²) in [6.07, 6.45) is 0.756. The minimum atomic E-state index is -0.186. The van der Waals surface area contributed by atoms with Gasteiger partial charge in [0.2, 0.25) is 0 Å². The van der Waals surface area contributed by atoms with E-state index < -0.39 is 0 Å². The van der Waals surface area contributed by atoms with Crippen molar-refractivity contribution in [1.82, 2.24) is 0 Å². The zero-order chi connectivity index (χ0) is 23.3. The molecule has 0 N–H and O–H groups in total. The highest BCUT2D eigenvalue weighted by Gasteiger charge is 2.38. The lowest BCUT2D eigenvalue weighted by Gasteiger charge is -2.48. The molecule has 3 aromatic rings. The molecule has 0 saturated carbocycles. The van der Waals surface area contributed by atoms with Crippen LogP contribution in [0, 0.1) is 5.92 Å². The number of nitrogens with zero attached hydrogens (tertiary/aromatic N) is 3. The summed E-state index contributed by atoms with van der Waals surface area (Å²) >= 11 is 0. The standard InChI is InChI=1S/C28H34N3O2/c1-4-23(2)28(32)33-27-18-12-11-17-26(27)30(25-15-9-6-10-16-25)31(3)21-19-29(20-22-31)24-13-7-5-8-14-24/h5-18,23H,4,19-22H2,1-3H3/q+1. The molecule has 0 spiro atoms. The summed E-state index contributed by atoms with van der Waals surface area (Å²) in [7, 11) is 2.27. The van der Waals surface area contributed by atoms with Gasteiger partial charge in [0.15, 0.2) is 5.75 Å². The number of hydrogen-bond acceptors (Lipinski definition) is 4. The summed E-state index contributed by atoms with van der Waals surface area (Å²) in [6, 6.07) is 28.9. The largest absolute Gasteiger partial charge is 0.424 e. The van der Waals surface area contributed by atoms with Crippen molar-refractivity contribution in [2.75, 3.05) is 43.1 Å². The van der Waals surface area contributed by atoms with Gasteiger partial charge in [-0.3, -0.25) is 4.79 Å². The lowest BCUT2D eigenvalue weighted by molar-refractivity contribution is -0.912. The van der Waals surface area contributed by atoms with Crippen molar-refractivity contribution in [2.24, 2.45) is 5.92 Å². The molecular weight excluding hydrogens is 410 g/mol. The lowest BCUT2D eigenvalue weighted by Crippen LogP contribution is -2.64. The number of anilines is 3. The van der Waals surface area contributed by atoms with Crippen LogP contribution in [0.5, 0.6) is 5.75 Å². The first-order valence-corrected chi connectivity index (χ1v) is 11.8. The van der Waals surface area contributed by atoms with Crippen LogP contribution < -0.4 is 14.6 Å². The molecule has 5 nitrogen and oxygen atoms in total. The third-order valence-electron chi connectivity index (χ3n) is 6.63. The Labute approximate surface area is 197 Å². The number of likely N-dealkylation sites (N-methyl/N-ethyl adjacent to an activating group) is 1. The normalized spacial score (nSPS) is 16.2. The predicted molar refractivity (Wildman–Crippen MR) is 135 cm³/mol. The van der Waals surface area contributed by atoms with E-state index in [1.807, 2.05) is 38.1 Å². The number of benzene rings is 3. The summed E-state index contributed by atoms with van der Waals surface area (Å²) in [4.78, 5) is 15.1. The predicted octanol–water partition coefficient (Wildman–Crippen LogP) is 5.66. The molecule has 4 rings (SSSR count). The van der Waals surface area contributed by atoms with Crippen LogP contribution in [0.15, 0.2) is 84.9 Å². The second kappa shape index (κ2) is 10.1. The molecule has 1 aliphatic rings. The van der Waals surface area contributed by atoms with Gasteiger partial charge in [-0.15, -0.1) is 0 Å². The van der Waals surface area contributed by atoms with E-state index in [2.05, 4.69) is 77.6 Å². The second-order valence-corrected chi connectivity index (χ2v) is 8.95. The highest BCUT2D eigenvalue weighted by molar-refractivity contribution is 5.78. The molecule has 1 atom stereocenters. The van der Waals surface area contributed by atoms with E-state index in [-0.39, 0.29) is 11.9 Å². The first kappa shape index (κ1) is 22.9. The number of quaternary nitrogens is 1. The van der Waals surface area contributed by atoms with Crippen LogP contribution in [-0.4, -0.2) is 43.8 Å². The van der Waals surface area contributed by atoms with Crippen molar-refractivity contribution in [3.8, 4) is 5.75 Å².